The fraction of sp³-hybridized carbons (Fsp3) is 0.0909. The number of carbonyl (C=O) groups is 3. The maximum Gasteiger partial charge on any atom is 0.418 e. The fourth-order valence-electron chi connectivity index (χ4n) is 3.37. The molecule has 0 aliphatic heterocycles. The van der Waals surface area contributed by atoms with Gasteiger partial charge in [0, 0.05) is 18.1 Å². The number of hydrogen-bond donors (Lipinski definition) is 4. The minimum atomic E-state index is -4.90. The van der Waals surface area contributed by atoms with E-state index in [1.807, 2.05) is 0 Å². The van der Waals surface area contributed by atoms with Crippen LogP contribution in [0.2, 0.25) is 0 Å². The van der Waals surface area contributed by atoms with Gasteiger partial charge < -0.3 is 24.5 Å². The van der Waals surface area contributed by atoms with E-state index in [1.165, 1.54) is 24.3 Å². The van der Waals surface area contributed by atoms with Crippen molar-refractivity contribution in [1.29, 1.82) is 0 Å². The molecule has 0 saturated carbocycles. The number of aromatic amines is 1. The number of anilines is 1. The zero-order chi connectivity index (χ0) is 26.9. The molecule has 190 valence electrons. The first-order valence-corrected chi connectivity index (χ1v) is 10.1. The van der Waals surface area contributed by atoms with E-state index >= 15 is 0 Å². The van der Waals surface area contributed by atoms with Crippen LogP contribution in [-0.2, 0) is 17.5 Å². The van der Waals surface area contributed by atoms with Crippen molar-refractivity contribution in [3.63, 3.8) is 0 Å². The van der Waals surface area contributed by atoms with Crippen LogP contribution in [0, 0.1) is 0 Å². The molecule has 0 radical (unpaired) electrons. The van der Waals surface area contributed by atoms with Gasteiger partial charge in [0.15, 0.2) is 12.4 Å². The summed E-state index contributed by atoms with van der Waals surface area (Å²) in [6.07, 6.45) is -3.62. The van der Waals surface area contributed by atoms with Crippen LogP contribution in [0.3, 0.4) is 0 Å². The van der Waals surface area contributed by atoms with Crippen molar-refractivity contribution in [2.75, 3.05) is 5.32 Å². The van der Waals surface area contributed by atoms with Crippen LogP contribution in [-0.4, -0.2) is 47.8 Å². The van der Waals surface area contributed by atoms with Gasteiger partial charge in [-0.05, 0) is 30.3 Å². The number of imidazole rings is 1. The van der Waals surface area contributed by atoms with Crippen molar-refractivity contribution < 1.29 is 42.5 Å². The molecule has 2 aromatic carbocycles. The van der Waals surface area contributed by atoms with Crippen LogP contribution < -0.4 is 10.9 Å². The smallest absolute Gasteiger partial charge is 0.418 e. The fourth-order valence-corrected chi connectivity index (χ4v) is 3.37. The highest BCUT2D eigenvalue weighted by molar-refractivity contribution is 5.91. The Balaban J connectivity index is 1.66. The quantitative estimate of drug-likeness (QED) is 0.299. The Bertz CT molecular complexity index is 1610. The summed E-state index contributed by atoms with van der Waals surface area (Å²) in [5, 5.41) is 20.4. The molecule has 12 nitrogen and oxygen atoms in total. The highest BCUT2D eigenvalue weighted by Gasteiger charge is 2.35. The number of carboxylic acids is 2. The molecular formula is C22H14F3N5O7. The summed E-state index contributed by atoms with van der Waals surface area (Å²) >= 11 is 0. The topological polar surface area (TPSA) is 176 Å². The lowest BCUT2D eigenvalue weighted by molar-refractivity contribution is -0.137. The van der Waals surface area contributed by atoms with Crippen LogP contribution in [0.4, 0.5) is 23.7 Å². The average molecular weight is 517 g/mol. The number of alkyl halides is 3. The number of hydrogen-bond acceptors (Lipinski definition) is 7. The lowest BCUT2D eigenvalue weighted by Crippen LogP contribution is -2.21. The van der Waals surface area contributed by atoms with Crippen molar-refractivity contribution >= 4 is 34.8 Å². The highest BCUT2D eigenvalue weighted by Crippen LogP contribution is 2.36. The third-order valence-corrected chi connectivity index (χ3v) is 4.98. The number of carbonyl (C=O) groups excluding carboxylic acids is 1. The van der Waals surface area contributed by atoms with Gasteiger partial charge in [0.1, 0.15) is 0 Å². The predicted molar refractivity (Wildman–Crippen MR) is 119 cm³/mol. The van der Waals surface area contributed by atoms with Gasteiger partial charge in [-0.1, -0.05) is 6.07 Å². The number of nitrogens with zero attached hydrogens (tertiary/aromatic N) is 3. The average Bonchev–Trinajstić information content (AvgIpc) is 3.29. The second-order valence-electron chi connectivity index (χ2n) is 7.40. The molecule has 2 heterocycles. The third-order valence-electron chi connectivity index (χ3n) is 4.98. The molecule has 1 amide bonds. The first kappa shape index (κ1) is 24.9. The van der Waals surface area contributed by atoms with E-state index in [2.05, 4.69) is 20.3 Å². The molecule has 0 fully saturated rings. The van der Waals surface area contributed by atoms with Crippen LogP contribution in [0.15, 0.2) is 53.6 Å². The molecule has 0 bridgehead atoms. The van der Waals surface area contributed by atoms with E-state index in [-0.39, 0.29) is 28.1 Å². The molecule has 0 aliphatic rings. The number of halogens is 3. The molecule has 4 rings (SSSR count). The monoisotopic (exact) mass is 517 g/mol. The highest BCUT2D eigenvalue weighted by atomic mass is 19.4. The summed E-state index contributed by atoms with van der Waals surface area (Å²) in [5.74, 6) is -3.02. The van der Waals surface area contributed by atoms with Gasteiger partial charge in [-0.3, -0.25) is 10.1 Å². The number of ether oxygens (including phenoxy) is 1. The summed E-state index contributed by atoms with van der Waals surface area (Å²) in [4.78, 5) is 56.0. The molecule has 0 unspecified atom stereocenters. The molecule has 15 heteroatoms. The van der Waals surface area contributed by atoms with Crippen molar-refractivity contribution in [1.82, 2.24) is 19.5 Å². The maximum atomic E-state index is 13.9. The molecule has 0 atom stereocenters. The number of benzene rings is 2. The molecular weight excluding hydrogens is 503 g/mol. The molecule has 2 aromatic heterocycles. The Hall–Kier alpha value is -5.21. The predicted octanol–water partition coefficient (Wildman–Crippen LogP) is 3.27. The van der Waals surface area contributed by atoms with Gasteiger partial charge in [-0.2, -0.15) is 13.2 Å². The van der Waals surface area contributed by atoms with Gasteiger partial charge >= 0.3 is 24.2 Å². The summed E-state index contributed by atoms with van der Waals surface area (Å²) in [5.41, 5.74) is -4.35. The molecule has 0 saturated heterocycles. The zero-order valence-electron chi connectivity index (χ0n) is 18.2. The standard InChI is InChI=1S/C22H14F3N5O7/c23-22(24,25)12-7-13-14(28-17(20(34)35)18(31)29-13)8-15(12)30-5-4-26-16(30)9-37-21(36)27-11-3-1-2-10(6-11)19(32)33/h1-8H,9H2,(H,27,36)(H,29,31)(H,32,33)(H,34,35). The first-order valence-electron chi connectivity index (χ1n) is 10.1. The molecule has 0 spiro atoms. The van der Waals surface area contributed by atoms with E-state index in [9.17, 15) is 32.3 Å². The van der Waals surface area contributed by atoms with Gasteiger partial charge in [0.2, 0.25) is 5.69 Å². The third kappa shape index (κ3) is 5.24. The summed E-state index contributed by atoms with van der Waals surface area (Å²) < 4.78 is 47.6. The van der Waals surface area contributed by atoms with Crippen LogP contribution in [0.25, 0.3) is 16.7 Å². The minimum absolute atomic E-state index is 0.0923. The van der Waals surface area contributed by atoms with Crippen molar-refractivity contribution in [2.45, 2.75) is 12.8 Å². The molecule has 4 aromatic rings. The largest absolute Gasteiger partial charge is 0.478 e. The minimum Gasteiger partial charge on any atom is -0.478 e. The number of aromatic nitrogens is 4. The Morgan fingerprint density at radius 3 is 2.54 bits per heavy atom. The number of H-pyrrole nitrogens is 1. The number of rotatable bonds is 6. The van der Waals surface area contributed by atoms with Crippen molar-refractivity contribution in [2.24, 2.45) is 0 Å². The molecule has 37 heavy (non-hydrogen) atoms. The number of fused-ring (bicyclic) bond motifs is 1. The first-order chi connectivity index (χ1) is 17.4. The summed E-state index contributed by atoms with van der Waals surface area (Å²) in [6, 6.07) is 6.81. The van der Waals surface area contributed by atoms with Crippen LogP contribution in [0.5, 0.6) is 0 Å². The molecule has 4 N–H and O–H groups in total. The summed E-state index contributed by atoms with van der Waals surface area (Å²) in [6.45, 7) is -0.591. The van der Waals surface area contributed by atoms with E-state index in [0.717, 1.165) is 23.0 Å². The van der Waals surface area contributed by atoms with Gasteiger partial charge in [0.25, 0.3) is 5.56 Å². The van der Waals surface area contributed by atoms with Crippen LogP contribution >= 0.6 is 0 Å². The number of aromatic carboxylic acids is 2. The zero-order valence-corrected chi connectivity index (χ0v) is 18.2. The maximum absolute atomic E-state index is 13.9. The second-order valence-corrected chi connectivity index (χ2v) is 7.40. The van der Waals surface area contributed by atoms with Gasteiger partial charge in [0.05, 0.1) is 27.8 Å². The summed E-state index contributed by atoms with van der Waals surface area (Å²) in [7, 11) is 0. The lowest BCUT2D eigenvalue weighted by Gasteiger charge is -2.16. The van der Waals surface area contributed by atoms with E-state index < -0.39 is 53.3 Å². The second kappa shape index (κ2) is 9.44. The van der Waals surface area contributed by atoms with E-state index in [0.29, 0.717) is 6.07 Å². The van der Waals surface area contributed by atoms with Gasteiger partial charge in [-0.25, -0.2) is 24.4 Å². The Morgan fingerprint density at radius 1 is 1.11 bits per heavy atom. The number of amides is 1. The van der Waals surface area contributed by atoms with Gasteiger partial charge in [-0.15, -0.1) is 0 Å². The van der Waals surface area contributed by atoms with Crippen LogP contribution in [0.1, 0.15) is 32.2 Å². The lowest BCUT2D eigenvalue weighted by atomic mass is 10.1. The number of nitrogens with one attached hydrogen (secondary N) is 2. The Morgan fingerprint density at radius 2 is 1.86 bits per heavy atom. The normalized spacial score (nSPS) is 11.3. The van der Waals surface area contributed by atoms with Crippen molar-refractivity contribution in [3.8, 4) is 5.69 Å². The molecule has 0 aliphatic carbocycles. The Kier molecular flexibility index (Phi) is 6.36. The van der Waals surface area contributed by atoms with E-state index in [4.69, 9.17) is 14.9 Å². The van der Waals surface area contributed by atoms with Crippen molar-refractivity contribution in [3.05, 3.63) is 81.8 Å². The Labute approximate surface area is 203 Å². The van der Waals surface area contributed by atoms with E-state index in [1.54, 1.807) is 0 Å². The number of carboxylic acid groups (broad SMARTS) is 2. The SMILES string of the molecule is O=C(Nc1cccc(C(=O)O)c1)OCc1nccn1-c1cc2nc(C(=O)O)c(=O)[nH]c2cc1C(F)(F)F.